The number of nitrogens with zero attached hydrogens (tertiary/aromatic N) is 3. The van der Waals surface area contributed by atoms with Crippen LogP contribution in [0.4, 0.5) is 5.69 Å². The summed E-state index contributed by atoms with van der Waals surface area (Å²) >= 11 is 0. The molecule has 1 N–H and O–H groups in total. The number of hydrogen-bond donors (Lipinski definition) is 1. The van der Waals surface area contributed by atoms with Crippen molar-refractivity contribution in [3.05, 3.63) is 22.6 Å². The molecule has 2 heterocycles. The SMILES string of the molecule is C[C@@H](O)Cn1ncc(N2CCOC(C)(C)C2)cc1=O. The molecule has 1 fully saturated rings. The number of aliphatic hydroxyl groups excluding tert-OH is 1. The molecule has 6 heteroatoms. The van der Waals surface area contributed by atoms with E-state index >= 15 is 0 Å². The van der Waals surface area contributed by atoms with Crippen molar-refractivity contribution in [2.24, 2.45) is 0 Å². The third-order valence-electron chi connectivity index (χ3n) is 3.08. The van der Waals surface area contributed by atoms with Crippen LogP contribution in [0.15, 0.2) is 17.1 Å². The molecular weight excluding hydrogens is 246 g/mol. The van der Waals surface area contributed by atoms with Gasteiger partial charge in [-0.25, -0.2) is 4.68 Å². The molecule has 0 amide bonds. The maximum absolute atomic E-state index is 11.9. The smallest absolute Gasteiger partial charge is 0.268 e. The van der Waals surface area contributed by atoms with Gasteiger partial charge < -0.3 is 14.7 Å². The maximum Gasteiger partial charge on any atom is 0.268 e. The van der Waals surface area contributed by atoms with Crippen LogP contribution in [0.2, 0.25) is 0 Å². The molecule has 0 bridgehead atoms. The van der Waals surface area contributed by atoms with Gasteiger partial charge in [0.15, 0.2) is 0 Å². The summed E-state index contributed by atoms with van der Waals surface area (Å²) in [4.78, 5) is 14.0. The van der Waals surface area contributed by atoms with Crippen molar-refractivity contribution in [2.75, 3.05) is 24.6 Å². The molecule has 1 aromatic rings. The lowest BCUT2D eigenvalue weighted by molar-refractivity contribution is -0.0277. The second-order valence-corrected chi connectivity index (χ2v) is 5.61. The summed E-state index contributed by atoms with van der Waals surface area (Å²) < 4.78 is 6.92. The second kappa shape index (κ2) is 5.30. The minimum absolute atomic E-state index is 0.192. The predicted octanol–water partition coefficient (Wildman–Crippen LogP) is 0.239. The quantitative estimate of drug-likeness (QED) is 0.849. The van der Waals surface area contributed by atoms with Crippen LogP contribution in [0.25, 0.3) is 0 Å². The Hall–Kier alpha value is -1.40. The molecule has 19 heavy (non-hydrogen) atoms. The van der Waals surface area contributed by atoms with Gasteiger partial charge >= 0.3 is 0 Å². The zero-order chi connectivity index (χ0) is 14.0. The van der Waals surface area contributed by atoms with Gasteiger partial charge in [-0.1, -0.05) is 0 Å². The zero-order valence-corrected chi connectivity index (χ0v) is 11.7. The van der Waals surface area contributed by atoms with Gasteiger partial charge in [0, 0.05) is 19.2 Å². The normalized spacial score (nSPS) is 20.3. The highest BCUT2D eigenvalue weighted by Crippen LogP contribution is 2.21. The van der Waals surface area contributed by atoms with Gasteiger partial charge in [0.05, 0.1) is 36.7 Å². The van der Waals surface area contributed by atoms with Crippen molar-refractivity contribution in [1.29, 1.82) is 0 Å². The monoisotopic (exact) mass is 267 g/mol. The molecule has 0 aliphatic carbocycles. The van der Waals surface area contributed by atoms with Gasteiger partial charge in [-0.05, 0) is 20.8 Å². The lowest BCUT2D eigenvalue weighted by atomic mass is 10.1. The van der Waals surface area contributed by atoms with Crippen LogP contribution in [-0.2, 0) is 11.3 Å². The van der Waals surface area contributed by atoms with E-state index in [2.05, 4.69) is 10.00 Å². The highest BCUT2D eigenvalue weighted by Gasteiger charge is 2.27. The molecule has 2 rings (SSSR count). The topological polar surface area (TPSA) is 67.6 Å². The first kappa shape index (κ1) is 14.0. The molecule has 0 unspecified atom stereocenters. The van der Waals surface area contributed by atoms with Gasteiger partial charge in [-0.3, -0.25) is 4.79 Å². The van der Waals surface area contributed by atoms with Gasteiger partial charge in [0.25, 0.3) is 5.56 Å². The molecule has 1 atom stereocenters. The van der Waals surface area contributed by atoms with E-state index in [9.17, 15) is 9.90 Å². The minimum atomic E-state index is -0.585. The van der Waals surface area contributed by atoms with Crippen molar-refractivity contribution in [3.63, 3.8) is 0 Å². The summed E-state index contributed by atoms with van der Waals surface area (Å²) in [6, 6.07) is 1.57. The molecule has 0 spiro atoms. The number of aliphatic hydroxyl groups is 1. The van der Waals surface area contributed by atoms with E-state index in [1.807, 2.05) is 13.8 Å². The highest BCUT2D eigenvalue weighted by atomic mass is 16.5. The van der Waals surface area contributed by atoms with Gasteiger partial charge in [-0.2, -0.15) is 5.10 Å². The zero-order valence-electron chi connectivity index (χ0n) is 11.7. The van der Waals surface area contributed by atoms with Crippen molar-refractivity contribution in [1.82, 2.24) is 9.78 Å². The summed E-state index contributed by atoms with van der Waals surface area (Å²) in [6.45, 7) is 8.03. The molecule has 0 aromatic carbocycles. The number of aromatic nitrogens is 2. The standard InChI is InChI=1S/C13H21N3O3/c1-10(17)8-16-12(18)6-11(7-14-16)15-4-5-19-13(2,3)9-15/h6-7,10,17H,4-5,8-9H2,1-3H3/t10-/m1/s1. The summed E-state index contributed by atoms with van der Waals surface area (Å²) in [6.07, 6.45) is 1.09. The molecule has 0 saturated carbocycles. The van der Waals surface area contributed by atoms with E-state index in [0.29, 0.717) is 6.61 Å². The fraction of sp³-hybridized carbons (Fsp3) is 0.692. The lowest BCUT2D eigenvalue weighted by Gasteiger charge is -2.39. The summed E-state index contributed by atoms with van der Waals surface area (Å²) in [5.41, 5.74) is 0.401. The Morgan fingerprint density at radius 1 is 1.58 bits per heavy atom. The van der Waals surface area contributed by atoms with Crippen molar-refractivity contribution in [3.8, 4) is 0 Å². The predicted molar refractivity (Wildman–Crippen MR) is 72.4 cm³/mol. The van der Waals surface area contributed by atoms with E-state index in [1.165, 1.54) is 4.68 Å². The third kappa shape index (κ3) is 3.54. The van der Waals surface area contributed by atoms with Crippen molar-refractivity contribution in [2.45, 2.75) is 39.0 Å². The van der Waals surface area contributed by atoms with Crippen molar-refractivity contribution >= 4 is 5.69 Å². The Morgan fingerprint density at radius 2 is 2.32 bits per heavy atom. The summed E-state index contributed by atoms with van der Waals surface area (Å²) in [5.74, 6) is 0. The number of ether oxygens (including phenoxy) is 1. The van der Waals surface area contributed by atoms with Crippen LogP contribution in [0.3, 0.4) is 0 Å². The number of rotatable bonds is 3. The summed E-state index contributed by atoms with van der Waals surface area (Å²) in [5, 5.41) is 13.4. The van der Waals surface area contributed by atoms with Gasteiger partial charge in [0.2, 0.25) is 0 Å². The Labute approximate surface area is 112 Å². The largest absolute Gasteiger partial charge is 0.391 e. The number of hydrogen-bond acceptors (Lipinski definition) is 5. The molecule has 106 valence electrons. The maximum atomic E-state index is 11.9. The Kier molecular flexibility index (Phi) is 3.91. The van der Waals surface area contributed by atoms with E-state index in [1.54, 1.807) is 19.2 Å². The molecule has 1 aliphatic rings. The van der Waals surface area contributed by atoms with Crippen LogP contribution < -0.4 is 10.5 Å². The Bertz CT molecular complexity index is 496. The van der Waals surface area contributed by atoms with Crippen LogP contribution in [-0.4, -0.2) is 46.3 Å². The molecule has 1 aliphatic heterocycles. The molecular formula is C13H21N3O3. The first-order valence-electron chi connectivity index (χ1n) is 6.51. The average molecular weight is 267 g/mol. The van der Waals surface area contributed by atoms with Crippen LogP contribution in [0, 0.1) is 0 Å². The first-order valence-corrected chi connectivity index (χ1v) is 6.51. The van der Waals surface area contributed by atoms with E-state index in [4.69, 9.17) is 4.74 Å². The first-order chi connectivity index (χ1) is 8.87. The van der Waals surface area contributed by atoms with Gasteiger partial charge in [-0.15, -0.1) is 0 Å². The highest BCUT2D eigenvalue weighted by molar-refractivity contribution is 5.43. The molecule has 6 nitrogen and oxygen atoms in total. The molecule has 0 radical (unpaired) electrons. The minimum Gasteiger partial charge on any atom is -0.391 e. The fourth-order valence-electron chi connectivity index (χ4n) is 2.22. The Balaban J connectivity index is 2.18. The van der Waals surface area contributed by atoms with E-state index in [-0.39, 0.29) is 17.7 Å². The summed E-state index contributed by atoms with van der Waals surface area (Å²) in [7, 11) is 0. The lowest BCUT2D eigenvalue weighted by Crippen LogP contribution is -2.48. The van der Waals surface area contributed by atoms with E-state index < -0.39 is 6.10 Å². The van der Waals surface area contributed by atoms with Gasteiger partial charge in [0.1, 0.15) is 0 Å². The van der Waals surface area contributed by atoms with Crippen LogP contribution in [0.5, 0.6) is 0 Å². The fourth-order valence-corrected chi connectivity index (χ4v) is 2.22. The number of anilines is 1. The molecule has 1 saturated heterocycles. The molecule has 1 aromatic heterocycles. The van der Waals surface area contributed by atoms with Crippen molar-refractivity contribution < 1.29 is 9.84 Å². The third-order valence-corrected chi connectivity index (χ3v) is 3.08. The second-order valence-electron chi connectivity index (χ2n) is 5.61. The van der Waals surface area contributed by atoms with Crippen LogP contribution >= 0.6 is 0 Å². The van der Waals surface area contributed by atoms with Crippen LogP contribution in [0.1, 0.15) is 20.8 Å². The van der Waals surface area contributed by atoms with E-state index in [0.717, 1.165) is 18.8 Å². The number of morpholine rings is 1. The Morgan fingerprint density at radius 3 is 2.89 bits per heavy atom. The average Bonchev–Trinajstić information content (AvgIpc) is 2.30.